The number of aromatic nitrogens is 2. The molecule has 8 heteroatoms. The van der Waals surface area contributed by atoms with E-state index in [4.69, 9.17) is 4.74 Å². The van der Waals surface area contributed by atoms with Crippen molar-refractivity contribution in [3.8, 4) is 0 Å². The highest BCUT2D eigenvalue weighted by molar-refractivity contribution is 6.03. The Bertz CT molecular complexity index is 990. The summed E-state index contributed by atoms with van der Waals surface area (Å²) in [5, 5.41) is 5.90. The first-order valence-electron chi connectivity index (χ1n) is 9.28. The number of ether oxygens (including phenoxy) is 1. The van der Waals surface area contributed by atoms with Crippen molar-refractivity contribution in [2.75, 3.05) is 41.8 Å². The molecule has 1 aromatic heterocycles. The second-order valence-electron chi connectivity index (χ2n) is 6.47. The number of amides is 1. The van der Waals surface area contributed by atoms with Crippen molar-refractivity contribution in [3.05, 3.63) is 72.3 Å². The first kappa shape index (κ1) is 18.8. The van der Waals surface area contributed by atoms with Crippen LogP contribution in [0, 0.1) is 5.82 Å². The minimum atomic E-state index is -0.400. The molecule has 0 spiro atoms. The molecule has 2 heterocycles. The molecule has 0 atom stereocenters. The fraction of sp³-hybridized carbons (Fsp3) is 0.190. The fourth-order valence-electron chi connectivity index (χ4n) is 3.05. The molecule has 4 rings (SSSR count). The van der Waals surface area contributed by atoms with Gasteiger partial charge in [-0.2, -0.15) is 0 Å². The van der Waals surface area contributed by atoms with E-state index in [0.29, 0.717) is 24.8 Å². The van der Waals surface area contributed by atoms with E-state index < -0.39 is 5.91 Å². The molecule has 29 heavy (non-hydrogen) atoms. The van der Waals surface area contributed by atoms with E-state index >= 15 is 0 Å². The summed E-state index contributed by atoms with van der Waals surface area (Å²) < 4.78 is 18.4. The van der Waals surface area contributed by atoms with Gasteiger partial charge in [0.05, 0.1) is 24.6 Å². The number of morpholine rings is 1. The van der Waals surface area contributed by atoms with Crippen LogP contribution >= 0.6 is 0 Å². The van der Waals surface area contributed by atoms with Crippen molar-refractivity contribution in [2.24, 2.45) is 0 Å². The average Bonchev–Trinajstić information content (AvgIpc) is 2.76. The standard InChI is InChI=1S/C21H20FN5O2/c22-15-5-7-16(8-6-15)24-20(28)18-9-10-23-21(26-18)25-17-3-1-2-4-19(17)27-11-13-29-14-12-27/h1-10H,11-14H2,(H,24,28)(H,23,25,26). The second kappa shape index (κ2) is 8.66. The summed E-state index contributed by atoms with van der Waals surface area (Å²) >= 11 is 0. The zero-order valence-electron chi connectivity index (χ0n) is 15.6. The summed E-state index contributed by atoms with van der Waals surface area (Å²) in [6.07, 6.45) is 1.52. The largest absolute Gasteiger partial charge is 0.378 e. The topological polar surface area (TPSA) is 79.4 Å². The van der Waals surface area contributed by atoms with Crippen molar-refractivity contribution in [3.63, 3.8) is 0 Å². The minimum Gasteiger partial charge on any atom is -0.378 e. The molecular formula is C21H20FN5O2. The number of nitrogens with zero attached hydrogens (tertiary/aromatic N) is 3. The van der Waals surface area contributed by atoms with Crippen molar-refractivity contribution >= 4 is 28.9 Å². The molecule has 1 fully saturated rings. The normalized spacial score (nSPS) is 13.8. The Hall–Kier alpha value is -3.52. The van der Waals surface area contributed by atoms with E-state index in [1.807, 2.05) is 24.3 Å². The highest BCUT2D eigenvalue weighted by Crippen LogP contribution is 2.28. The van der Waals surface area contributed by atoms with Crippen molar-refractivity contribution in [1.82, 2.24) is 9.97 Å². The maximum Gasteiger partial charge on any atom is 0.274 e. The number of para-hydroxylation sites is 2. The molecule has 0 radical (unpaired) electrons. The van der Waals surface area contributed by atoms with E-state index in [9.17, 15) is 9.18 Å². The van der Waals surface area contributed by atoms with Gasteiger partial charge in [-0.05, 0) is 42.5 Å². The molecule has 0 saturated carbocycles. The number of halogens is 1. The zero-order chi connectivity index (χ0) is 20.1. The number of carbonyl (C=O) groups is 1. The van der Waals surface area contributed by atoms with Crippen molar-refractivity contribution in [2.45, 2.75) is 0 Å². The van der Waals surface area contributed by atoms with Crippen molar-refractivity contribution in [1.29, 1.82) is 0 Å². The van der Waals surface area contributed by atoms with Crippen LogP contribution in [0.15, 0.2) is 60.8 Å². The van der Waals surface area contributed by atoms with Crippen LogP contribution in [0.25, 0.3) is 0 Å². The average molecular weight is 393 g/mol. The summed E-state index contributed by atoms with van der Waals surface area (Å²) in [5.41, 5.74) is 2.57. The predicted molar refractivity (Wildman–Crippen MR) is 109 cm³/mol. The summed E-state index contributed by atoms with van der Waals surface area (Å²) in [6, 6.07) is 14.9. The SMILES string of the molecule is O=C(Nc1ccc(F)cc1)c1ccnc(Nc2ccccc2N2CCOCC2)n1. The zero-order valence-corrected chi connectivity index (χ0v) is 15.6. The smallest absolute Gasteiger partial charge is 0.274 e. The quantitative estimate of drug-likeness (QED) is 0.691. The molecule has 1 amide bonds. The van der Waals surface area contributed by atoms with Crippen LogP contribution in [0.1, 0.15) is 10.5 Å². The molecule has 2 N–H and O–H groups in total. The summed E-state index contributed by atoms with van der Waals surface area (Å²) in [6.45, 7) is 2.98. The van der Waals surface area contributed by atoms with E-state index in [0.717, 1.165) is 24.5 Å². The Morgan fingerprint density at radius 2 is 1.79 bits per heavy atom. The third-order valence-corrected chi connectivity index (χ3v) is 4.49. The molecule has 0 unspecified atom stereocenters. The summed E-state index contributed by atoms with van der Waals surface area (Å²) in [7, 11) is 0. The molecule has 148 valence electrons. The lowest BCUT2D eigenvalue weighted by Crippen LogP contribution is -2.36. The number of rotatable bonds is 5. The number of benzene rings is 2. The van der Waals surface area contributed by atoms with Gasteiger partial charge in [0.25, 0.3) is 5.91 Å². The van der Waals surface area contributed by atoms with E-state index in [2.05, 4.69) is 25.5 Å². The van der Waals surface area contributed by atoms with Gasteiger partial charge in [0, 0.05) is 25.0 Å². The van der Waals surface area contributed by atoms with Gasteiger partial charge in [-0.3, -0.25) is 4.79 Å². The first-order valence-corrected chi connectivity index (χ1v) is 9.28. The Kier molecular flexibility index (Phi) is 5.62. The van der Waals surface area contributed by atoms with Crippen LogP contribution in [0.4, 0.5) is 27.4 Å². The third-order valence-electron chi connectivity index (χ3n) is 4.49. The molecule has 1 aliphatic rings. The first-order chi connectivity index (χ1) is 14.2. The van der Waals surface area contributed by atoms with E-state index in [1.165, 1.54) is 36.5 Å². The Morgan fingerprint density at radius 3 is 2.59 bits per heavy atom. The molecular weight excluding hydrogens is 373 g/mol. The molecule has 2 aromatic carbocycles. The molecule has 0 bridgehead atoms. The molecule has 3 aromatic rings. The van der Waals surface area contributed by atoms with E-state index in [-0.39, 0.29) is 11.5 Å². The molecule has 1 saturated heterocycles. The number of hydrogen-bond acceptors (Lipinski definition) is 6. The van der Waals surface area contributed by atoms with Crippen LogP contribution in [0.2, 0.25) is 0 Å². The van der Waals surface area contributed by atoms with Gasteiger partial charge in [0.1, 0.15) is 11.5 Å². The van der Waals surface area contributed by atoms with Gasteiger partial charge in [0.2, 0.25) is 5.95 Å². The maximum atomic E-state index is 13.0. The van der Waals surface area contributed by atoms with E-state index in [1.54, 1.807) is 0 Å². The Labute approximate surface area is 167 Å². The van der Waals surface area contributed by atoms with Gasteiger partial charge in [-0.25, -0.2) is 14.4 Å². The second-order valence-corrected chi connectivity index (χ2v) is 6.47. The lowest BCUT2D eigenvalue weighted by molar-refractivity contribution is 0.102. The number of anilines is 4. The van der Waals surface area contributed by atoms with Crippen molar-refractivity contribution < 1.29 is 13.9 Å². The van der Waals surface area contributed by atoms with Gasteiger partial charge in [0.15, 0.2) is 0 Å². The minimum absolute atomic E-state index is 0.204. The fourth-order valence-corrected chi connectivity index (χ4v) is 3.05. The predicted octanol–water partition coefficient (Wildman–Crippen LogP) is 3.45. The van der Waals surface area contributed by atoms with Crippen LogP contribution in [-0.4, -0.2) is 42.2 Å². The van der Waals surface area contributed by atoms with Crippen LogP contribution < -0.4 is 15.5 Å². The van der Waals surface area contributed by atoms with Gasteiger partial charge in [-0.15, -0.1) is 0 Å². The summed E-state index contributed by atoms with van der Waals surface area (Å²) in [5.74, 6) is -0.448. The van der Waals surface area contributed by atoms with Gasteiger partial charge < -0.3 is 20.3 Å². The van der Waals surface area contributed by atoms with Crippen LogP contribution in [-0.2, 0) is 4.74 Å². The highest BCUT2D eigenvalue weighted by atomic mass is 19.1. The molecule has 1 aliphatic heterocycles. The summed E-state index contributed by atoms with van der Waals surface area (Å²) in [4.78, 5) is 23.2. The number of nitrogens with one attached hydrogen (secondary N) is 2. The lowest BCUT2D eigenvalue weighted by atomic mass is 10.2. The van der Waals surface area contributed by atoms with Gasteiger partial charge in [-0.1, -0.05) is 12.1 Å². The van der Waals surface area contributed by atoms with Gasteiger partial charge >= 0.3 is 0 Å². The Balaban J connectivity index is 1.51. The molecule has 0 aliphatic carbocycles. The maximum absolute atomic E-state index is 13.0. The number of carbonyl (C=O) groups excluding carboxylic acids is 1. The monoisotopic (exact) mass is 393 g/mol. The van der Waals surface area contributed by atoms with Crippen LogP contribution in [0.3, 0.4) is 0 Å². The Morgan fingerprint density at radius 1 is 1.03 bits per heavy atom. The van der Waals surface area contributed by atoms with Crippen LogP contribution in [0.5, 0.6) is 0 Å². The number of hydrogen-bond donors (Lipinski definition) is 2. The lowest BCUT2D eigenvalue weighted by Gasteiger charge is -2.30. The molecule has 7 nitrogen and oxygen atoms in total. The highest BCUT2D eigenvalue weighted by Gasteiger charge is 2.16. The third kappa shape index (κ3) is 4.67.